The molecule has 0 saturated carbocycles. The molecule has 27 heavy (non-hydrogen) atoms. The van der Waals surface area contributed by atoms with Crippen LogP contribution in [0.15, 0.2) is 18.2 Å². The summed E-state index contributed by atoms with van der Waals surface area (Å²) in [7, 11) is -0.476. The highest BCUT2D eigenvalue weighted by Gasteiger charge is 2.25. The van der Waals surface area contributed by atoms with Gasteiger partial charge in [0.25, 0.3) is 7.82 Å². The molecule has 1 aromatic carbocycles. The second-order valence-electron chi connectivity index (χ2n) is 7.74. The number of phosphoric acid groups is 1. The Morgan fingerprint density at radius 1 is 1.19 bits per heavy atom. The lowest BCUT2D eigenvalue weighted by Gasteiger charge is -2.37. The number of phenols is 2. The van der Waals surface area contributed by atoms with E-state index in [9.17, 15) is 19.7 Å². The summed E-state index contributed by atoms with van der Waals surface area (Å²) in [4.78, 5) is 11.8. The van der Waals surface area contributed by atoms with E-state index >= 15 is 0 Å². The molecule has 1 rings (SSSR count). The highest BCUT2D eigenvalue weighted by molar-refractivity contribution is 7.45. The summed E-state index contributed by atoms with van der Waals surface area (Å²) in [6, 6.07) is 4.48. The molecule has 0 saturated heterocycles. The molecule has 0 bridgehead atoms. The van der Waals surface area contributed by atoms with E-state index in [-0.39, 0.29) is 30.9 Å². The summed E-state index contributed by atoms with van der Waals surface area (Å²) in [6.07, 6.45) is 1.68. The van der Waals surface area contributed by atoms with Gasteiger partial charge in [-0.05, 0) is 36.5 Å². The molecule has 0 aliphatic carbocycles. The second-order valence-corrected chi connectivity index (χ2v) is 9.15. The Bertz CT molecular complexity index is 638. The molecule has 8 nitrogen and oxygen atoms in total. The zero-order valence-corrected chi connectivity index (χ0v) is 17.5. The van der Waals surface area contributed by atoms with Crippen LogP contribution < -0.4 is 10.6 Å². The number of quaternary nitrogens is 1. The van der Waals surface area contributed by atoms with Gasteiger partial charge in [0.1, 0.15) is 19.3 Å². The van der Waals surface area contributed by atoms with Gasteiger partial charge in [0.15, 0.2) is 11.5 Å². The van der Waals surface area contributed by atoms with E-state index in [1.54, 1.807) is 6.07 Å². The maximum absolute atomic E-state index is 11.8. The van der Waals surface area contributed by atoms with E-state index in [1.807, 2.05) is 14.1 Å². The predicted octanol–water partition coefficient (Wildman–Crippen LogP) is 1.94. The van der Waals surface area contributed by atoms with Crippen molar-refractivity contribution in [2.75, 3.05) is 33.9 Å². The van der Waals surface area contributed by atoms with Crippen LogP contribution >= 0.6 is 7.82 Å². The average Bonchev–Trinajstić information content (AvgIpc) is 2.53. The number of benzene rings is 1. The van der Waals surface area contributed by atoms with E-state index in [0.29, 0.717) is 29.8 Å². The summed E-state index contributed by atoms with van der Waals surface area (Å²) in [6.45, 7) is 4.63. The Labute approximate surface area is 161 Å². The van der Waals surface area contributed by atoms with Crippen molar-refractivity contribution in [1.29, 1.82) is 0 Å². The Morgan fingerprint density at radius 2 is 1.81 bits per heavy atom. The van der Waals surface area contributed by atoms with Crippen LogP contribution in [-0.2, 0) is 20.0 Å². The number of nitrogens with zero attached hydrogens (tertiary/aromatic N) is 1. The lowest BCUT2D eigenvalue weighted by Crippen LogP contribution is -2.55. The fraction of sp³-hybridized carbons (Fsp3) is 0.667. The van der Waals surface area contributed by atoms with Crippen LogP contribution in [0.2, 0.25) is 0 Å². The van der Waals surface area contributed by atoms with Crippen molar-refractivity contribution in [3.8, 4) is 11.5 Å². The number of nitrogens with two attached hydrogens (primary N) is 1. The van der Waals surface area contributed by atoms with Gasteiger partial charge in [-0.2, -0.15) is 0 Å². The number of aromatic hydroxyl groups is 2. The van der Waals surface area contributed by atoms with Crippen molar-refractivity contribution in [2.24, 2.45) is 11.7 Å². The van der Waals surface area contributed by atoms with Gasteiger partial charge in [-0.25, -0.2) is 0 Å². The van der Waals surface area contributed by atoms with Crippen LogP contribution in [0.4, 0.5) is 0 Å². The summed E-state index contributed by atoms with van der Waals surface area (Å²) in [5.74, 6) is 0.0623. The Morgan fingerprint density at radius 3 is 2.41 bits per heavy atom. The van der Waals surface area contributed by atoms with Crippen LogP contribution in [0.25, 0.3) is 0 Å². The minimum atomic E-state index is -4.37. The maximum atomic E-state index is 11.8. The first kappa shape index (κ1) is 23.9. The van der Waals surface area contributed by atoms with Crippen molar-refractivity contribution < 1.29 is 33.2 Å². The van der Waals surface area contributed by atoms with Gasteiger partial charge in [0, 0.05) is 6.42 Å². The van der Waals surface area contributed by atoms with Gasteiger partial charge in [0.05, 0.1) is 20.7 Å². The molecule has 4 N–H and O–H groups in total. The van der Waals surface area contributed by atoms with E-state index in [0.717, 1.165) is 12.0 Å². The number of likely N-dealkylation sites (N-methyl/N-ethyl adjacent to an activating group) is 1. The van der Waals surface area contributed by atoms with E-state index in [1.165, 1.54) is 12.1 Å². The Kier molecular flexibility index (Phi) is 9.21. The van der Waals surface area contributed by atoms with E-state index in [2.05, 4.69) is 13.8 Å². The topological polar surface area (TPSA) is 125 Å². The van der Waals surface area contributed by atoms with Crippen molar-refractivity contribution in [1.82, 2.24) is 0 Å². The SMILES string of the molecule is CC(C)CC(N)[N+](C)(C)CCOP(=O)([O-])OCCCc1ccc(O)c(O)c1. The molecule has 0 fully saturated rings. The monoisotopic (exact) mass is 404 g/mol. The van der Waals surface area contributed by atoms with Crippen molar-refractivity contribution in [3.63, 3.8) is 0 Å². The molecule has 0 heterocycles. The molecular formula is C18H33N2O6P. The third-order valence-corrected chi connectivity index (χ3v) is 5.42. The molecule has 0 spiro atoms. The summed E-state index contributed by atoms with van der Waals surface area (Å²) in [5.41, 5.74) is 6.95. The van der Waals surface area contributed by atoms with E-state index in [4.69, 9.17) is 14.8 Å². The largest absolute Gasteiger partial charge is 0.756 e. The van der Waals surface area contributed by atoms with Crippen molar-refractivity contribution in [2.45, 2.75) is 39.3 Å². The van der Waals surface area contributed by atoms with E-state index < -0.39 is 7.82 Å². The quantitative estimate of drug-likeness (QED) is 0.160. The standard InChI is InChI=1S/C18H33N2O6P/c1-14(2)12-18(19)20(3,4)9-11-26-27(23,24)25-10-5-6-15-7-8-16(21)17(22)13-15/h7-8,13-14,18H,5-6,9-12,19H2,1-4H3,(H2-,21,22,23,24). The predicted molar refractivity (Wildman–Crippen MR) is 102 cm³/mol. The fourth-order valence-corrected chi connectivity index (χ4v) is 3.27. The zero-order valence-electron chi connectivity index (χ0n) is 16.6. The van der Waals surface area contributed by atoms with Gasteiger partial charge in [-0.15, -0.1) is 0 Å². The molecule has 1 aromatic rings. The first-order valence-corrected chi connectivity index (χ1v) is 10.6. The fourth-order valence-electron chi connectivity index (χ4n) is 2.54. The van der Waals surface area contributed by atoms with Crippen molar-refractivity contribution in [3.05, 3.63) is 23.8 Å². The van der Waals surface area contributed by atoms with Gasteiger partial charge in [0.2, 0.25) is 0 Å². The molecule has 0 amide bonds. The van der Waals surface area contributed by atoms with Crippen LogP contribution in [0.1, 0.15) is 32.3 Å². The molecule has 0 aliphatic rings. The second kappa shape index (κ2) is 10.4. The number of phosphoric ester groups is 1. The summed E-state index contributed by atoms with van der Waals surface area (Å²) in [5, 5.41) is 18.7. The number of hydrogen-bond acceptors (Lipinski definition) is 7. The number of hydrogen-bond donors (Lipinski definition) is 3. The van der Waals surface area contributed by atoms with Crippen LogP contribution in [-0.4, -0.2) is 54.7 Å². The van der Waals surface area contributed by atoms with Gasteiger partial charge in [-0.3, -0.25) is 10.3 Å². The van der Waals surface area contributed by atoms with Crippen LogP contribution in [0.3, 0.4) is 0 Å². The average molecular weight is 404 g/mol. The molecule has 2 unspecified atom stereocenters. The maximum Gasteiger partial charge on any atom is 0.268 e. The van der Waals surface area contributed by atoms with Gasteiger partial charge < -0.3 is 28.6 Å². The first-order valence-electron chi connectivity index (χ1n) is 9.12. The molecule has 0 aromatic heterocycles. The lowest BCUT2D eigenvalue weighted by atomic mass is 10.1. The normalized spacial score (nSPS) is 15.7. The molecule has 156 valence electrons. The zero-order chi connectivity index (χ0) is 20.7. The van der Waals surface area contributed by atoms with Crippen LogP contribution in [0, 0.1) is 5.92 Å². The van der Waals surface area contributed by atoms with Crippen molar-refractivity contribution >= 4 is 7.82 Å². The number of phenolic OH excluding ortho intramolecular Hbond substituents is 2. The molecule has 9 heteroatoms. The summed E-state index contributed by atoms with van der Waals surface area (Å²) >= 11 is 0. The Hall–Kier alpha value is -1.15. The number of rotatable bonds is 12. The third-order valence-electron chi connectivity index (χ3n) is 4.43. The Balaban J connectivity index is 2.32. The molecule has 0 radical (unpaired) electrons. The highest BCUT2D eigenvalue weighted by atomic mass is 31.2. The van der Waals surface area contributed by atoms with Gasteiger partial charge >= 0.3 is 0 Å². The molecule has 2 atom stereocenters. The number of aryl methyl sites for hydroxylation is 1. The summed E-state index contributed by atoms with van der Waals surface area (Å²) < 4.78 is 22.1. The first-order chi connectivity index (χ1) is 12.4. The van der Waals surface area contributed by atoms with Crippen LogP contribution in [0.5, 0.6) is 11.5 Å². The smallest absolute Gasteiger partial charge is 0.268 e. The minimum Gasteiger partial charge on any atom is -0.756 e. The minimum absolute atomic E-state index is 0.00536. The highest BCUT2D eigenvalue weighted by Crippen LogP contribution is 2.38. The third kappa shape index (κ3) is 9.06. The molecular weight excluding hydrogens is 371 g/mol. The lowest BCUT2D eigenvalue weighted by molar-refractivity contribution is -0.915. The van der Waals surface area contributed by atoms with Gasteiger partial charge in [-0.1, -0.05) is 19.9 Å². The molecule has 0 aliphatic heterocycles.